The summed E-state index contributed by atoms with van der Waals surface area (Å²) in [7, 11) is 0. The van der Waals surface area contributed by atoms with Crippen LogP contribution in [0.25, 0.3) is 12.2 Å². The second-order valence-electron chi connectivity index (χ2n) is 5.58. The number of carbonyl (C=O) groups is 2. The van der Waals surface area contributed by atoms with Gasteiger partial charge >= 0.3 is 5.97 Å². The molecule has 2 aromatic rings. The van der Waals surface area contributed by atoms with Gasteiger partial charge in [-0.1, -0.05) is 68.3 Å². The fraction of sp³-hybridized carbons (Fsp3) is 0.238. The number of rotatable bonds is 8. The van der Waals surface area contributed by atoms with Crippen molar-refractivity contribution in [3.05, 3.63) is 70.8 Å². The Morgan fingerprint density at radius 2 is 1.42 bits per heavy atom. The summed E-state index contributed by atoms with van der Waals surface area (Å²) in [4.78, 5) is 22.5. The summed E-state index contributed by atoms with van der Waals surface area (Å²) in [5.74, 6) is -0.272. The molecule has 0 amide bonds. The summed E-state index contributed by atoms with van der Waals surface area (Å²) in [6.07, 6.45) is 7.85. The Morgan fingerprint density at radius 1 is 0.875 bits per heavy atom. The minimum Gasteiger partial charge on any atom is -0.462 e. The number of aldehydes is 1. The minimum atomic E-state index is -0.272. The molecule has 0 spiro atoms. The van der Waals surface area contributed by atoms with Crippen molar-refractivity contribution in [1.82, 2.24) is 0 Å². The van der Waals surface area contributed by atoms with E-state index in [0.717, 1.165) is 36.7 Å². The van der Waals surface area contributed by atoms with Crippen LogP contribution in [-0.4, -0.2) is 18.9 Å². The highest BCUT2D eigenvalue weighted by molar-refractivity contribution is 5.89. The standard InChI is InChI=1S/C21H22O3/c1-2-3-4-15-24-21(23)20-13-11-18(12-14-20)6-5-17-7-9-19(16-22)10-8-17/h5-14,16H,2-4,15H2,1H3/b6-5+. The molecule has 0 N–H and O–H groups in total. The van der Waals surface area contributed by atoms with Crippen LogP contribution in [-0.2, 0) is 4.74 Å². The molecule has 2 aromatic carbocycles. The highest BCUT2D eigenvalue weighted by Gasteiger charge is 2.05. The van der Waals surface area contributed by atoms with Gasteiger partial charge in [0.05, 0.1) is 12.2 Å². The van der Waals surface area contributed by atoms with E-state index in [2.05, 4.69) is 6.92 Å². The van der Waals surface area contributed by atoms with Crippen molar-refractivity contribution in [1.29, 1.82) is 0 Å². The van der Waals surface area contributed by atoms with E-state index in [4.69, 9.17) is 4.74 Å². The molecule has 0 unspecified atom stereocenters. The first kappa shape index (κ1) is 17.7. The highest BCUT2D eigenvalue weighted by Crippen LogP contribution is 2.11. The van der Waals surface area contributed by atoms with Crippen LogP contribution in [0.5, 0.6) is 0 Å². The fourth-order valence-electron chi connectivity index (χ4n) is 2.21. The molecular formula is C21H22O3. The van der Waals surface area contributed by atoms with Crippen LogP contribution in [0.15, 0.2) is 48.5 Å². The van der Waals surface area contributed by atoms with Gasteiger partial charge in [0.15, 0.2) is 0 Å². The Kier molecular flexibility index (Phi) is 6.96. The molecule has 0 saturated heterocycles. The molecule has 2 rings (SSSR count). The fourth-order valence-corrected chi connectivity index (χ4v) is 2.21. The first-order chi connectivity index (χ1) is 11.7. The summed E-state index contributed by atoms with van der Waals surface area (Å²) in [5.41, 5.74) is 3.24. The van der Waals surface area contributed by atoms with Gasteiger partial charge in [-0.25, -0.2) is 4.79 Å². The summed E-state index contributed by atoms with van der Waals surface area (Å²) in [6.45, 7) is 2.59. The topological polar surface area (TPSA) is 43.4 Å². The van der Waals surface area contributed by atoms with E-state index in [1.54, 1.807) is 24.3 Å². The lowest BCUT2D eigenvalue weighted by Crippen LogP contribution is -2.06. The third-order valence-corrected chi connectivity index (χ3v) is 3.67. The van der Waals surface area contributed by atoms with Crippen LogP contribution >= 0.6 is 0 Å². The van der Waals surface area contributed by atoms with Crippen molar-refractivity contribution < 1.29 is 14.3 Å². The SMILES string of the molecule is CCCCCOC(=O)c1ccc(/C=C/c2ccc(C=O)cc2)cc1. The number of benzene rings is 2. The van der Waals surface area contributed by atoms with E-state index in [1.165, 1.54) is 0 Å². The minimum absolute atomic E-state index is 0.272. The zero-order valence-corrected chi connectivity index (χ0v) is 13.9. The molecular weight excluding hydrogens is 300 g/mol. The lowest BCUT2D eigenvalue weighted by atomic mass is 10.1. The average molecular weight is 322 g/mol. The average Bonchev–Trinajstić information content (AvgIpc) is 2.64. The second kappa shape index (κ2) is 9.46. The number of hydrogen-bond donors (Lipinski definition) is 0. The molecule has 0 fully saturated rings. The van der Waals surface area contributed by atoms with Gasteiger partial charge in [0.2, 0.25) is 0 Å². The Morgan fingerprint density at radius 3 is 1.96 bits per heavy atom. The molecule has 0 atom stereocenters. The molecule has 124 valence electrons. The number of hydrogen-bond acceptors (Lipinski definition) is 3. The summed E-state index contributed by atoms with van der Waals surface area (Å²) < 4.78 is 5.24. The van der Waals surface area contributed by atoms with Gasteiger partial charge in [-0.15, -0.1) is 0 Å². The zero-order valence-electron chi connectivity index (χ0n) is 13.9. The maximum Gasteiger partial charge on any atom is 0.338 e. The van der Waals surface area contributed by atoms with E-state index in [9.17, 15) is 9.59 Å². The van der Waals surface area contributed by atoms with Crippen LogP contribution in [0.3, 0.4) is 0 Å². The predicted octanol–water partition coefficient (Wildman–Crippen LogP) is 5.02. The predicted molar refractivity (Wildman–Crippen MR) is 97.0 cm³/mol. The van der Waals surface area contributed by atoms with Crippen LogP contribution in [0, 0.1) is 0 Å². The number of esters is 1. The van der Waals surface area contributed by atoms with E-state index < -0.39 is 0 Å². The van der Waals surface area contributed by atoms with E-state index >= 15 is 0 Å². The van der Waals surface area contributed by atoms with Crippen molar-refractivity contribution in [2.24, 2.45) is 0 Å². The normalized spacial score (nSPS) is 10.7. The molecule has 0 heterocycles. The Hall–Kier alpha value is -2.68. The first-order valence-electron chi connectivity index (χ1n) is 8.23. The van der Waals surface area contributed by atoms with E-state index in [0.29, 0.717) is 17.7 Å². The molecule has 3 heteroatoms. The van der Waals surface area contributed by atoms with Crippen molar-refractivity contribution in [2.75, 3.05) is 6.61 Å². The van der Waals surface area contributed by atoms with Crippen LogP contribution in [0.4, 0.5) is 0 Å². The van der Waals surface area contributed by atoms with E-state index in [1.807, 2.05) is 36.4 Å². The van der Waals surface area contributed by atoms with Gasteiger partial charge in [0.1, 0.15) is 6.29 Å². The summed E-state index contributed by atoms with van der Waals surface area (Å²) in [6, 6.07) is 14.7. The monoisotopic (exact) mass is 322 g/mol. The smallest absolute Gasteiger partial charge is 0.338 e. The quantitative estimate of drug-likeness (QED) is 0.297. The van der Waals surface area contributed by atoms with Gasteiger partial charge in [0, 0.05) is 5.56 Å². The Bertz CT molecular complexity index is 682. The largest absolute Gasteiger partial charge is 0.462 e. The van der Waals surface area contributed by atoms with Crippen molar-refractivity contribution >= 4 is 24.4 Å². The first-order valence-corrected chi connectivity index (χ1v) is 8.23. The summed E-state index contributed by atoms with van der Waals surface area (Å²) >= 11 is 0. The molecule has 0 aliphatic rings. The molecule has 0 bridgehead atoms. The van der Waals surface area contributed by atoms with Gasteiger partial charge in [-0.2, -0.15) is 0 Å². The molecule has 0 saturated carbocycles. The lowest BCUT2D eigenvalue weighted by molar-refractivity contribution is 0.0498. The number of carbonyl (C=O) groups excluding carboxylic acids is 2. The molecule has 24 heavy (non-hydrogen) atoms. The molecule has 3 nitrogen and oxygen atoms in total. The van der Waals surface area contributed by atoms with Crippen molar-refractivity contribution in [3.8, 4) is 0 Å². The summed E-state index contributed by atoms with van der Waals surface area (Å²) in [5, 5.41) is 0. The molecule has 0 aliphatic carbocycles. The maximum atomic E-state index is 11.9. The van der Waals surface area contributed by atoms with Crippen LogP contribution in [0.1, 0.15) is 58.0 Å². The zero-order chi connectivity index (χ0) is 17.2. The van der Waals surface area contributed by atoms with Crippen LogP contribution < -0.4 is 0 Å². The molecule has 0 aliphatic heterocycles. The van der Waals surface area contributed by atoms with Gasteiger partial charge in [-0.05, 0) is 29.7 Å². The van der Waals surface area contributed by atoms with Gasteiger partial charge in [-0.3, -0.25) is 4.79 Å². The Balaban J connectivity index is 1.92. The highest BCUT2D eigenvalue weighted by atomic mass is 16.5. The number of ether oxygens (including phenoxy) is 1. The third-order valence-electron chi connectivity index (χ3n) is 3.67. The van der Waals surface area contributed by atoms with Crippen molar-refractivity contribution in [2.45, 2.75) is 26.2 Å². The van der Waals surface area contributed by atoms with Gasteiger partial charge in [0.25, 0.3) is 0 Å². The molecule has 0 radical (unpaired) electrons. The van der Waals surface area contributed by atoms with E-state index in [-0.39, 0.29) is 5.97 Å². The van der Waals surface area contributed by atoms with Crippen molar-refractivity contribution in [3.63, 3.8) is 0 Å². The third kappa shape index (κ3) is 5.51. The lowest BCUT2D eigenvalue weighted by Gasteiger charge is -2.04. The van der Waals surface area contributed by atoms with Gasteiger partial charge < -0.3 is 4.74 Å². The van der Waals surface area contributed by atoms with Crippen LogP contribution in [0.2, 0.25) is 0 Å². The second-order valence-corrected chi connectivity index (χ2v) is 5.58. The maximum absolute atomic E-state index is 11.9. The molecule has 0 aromatic heterocycles. The Labute approximate surface area is 143 Å². The number of unbranched alkanes of at least 4 members (excludes halogenated alkanes) is 2.